The van der Waals surface area contributed by atoms with E-state index in [0.29, 0.717) is 17.5 Å². The maximum absolute atomic E-state index is 5.08. The molecule has 0 spiro atoms. The summed E-state index contributed by atoms with van der Waals surface area (Å²) < 4.78 is 7.33. The highest BCUT2D eigenvalue weighted by Crippen LogP contribution is 2.42. The number of benzene rings is 10. The predicted octanol–water partition coefficient (Wildman–Crippen LogP) is 16.8. The van der Waals surface area contributed by atoms with E-state index in [0.717, 1.165) is 33.6 Å². The second-order valence-electron chi connectivity index (χ2n) is 17.6. The van der Waals surface area contributed by atoms with Crippen LogP contribution in [0.4, 0.5) is 0 Å². The normalized spacial score (nSPS) is 11.8. The Morgan fingerprint density at radius 2 is 0.652 bits per heavy atom. The van der Waals surface area contributed by atoms with Gasteiger partial charge in [0.25, 0.3) is 0 Å². The van der Waals surface area contributed by atoms with Gasteiger partial charge in [0.15, 0.2) is 17.5 Å². The zero-order valence-electron chi connectivity index (χ0n) is 37.2. The van der Waals surface area contributed by atoms with Gasteiger partial charge in [-0.1, -0.05) is 158 Å². The average molecular weight is 898 g/mol. The Bertz CT molecular complexity index is 4130. The topological polar surface area (TPSA) is 48.5 Å². The summed E-state index contributed by atoms with van der Waals surface area (Å²) >= 11 is 1.81. The van der Waals surface area contributed by atoms with E-state index in [2.05, 4.69) is 209 Å². The number of hydrogen-bond acceptors (Lipinski definition) is 4. The molecule has 0 bridgehead atoms. The van der Waals surface area contributed by atoms with Gasteiger partial charge in [-0.3, -0.25) is 0 Å². The van der Waals surface area contributed by atoms with Crippen LogP contribution in [0.15, 0.2) is 237 Å². The lowest BCUT2D eigenvalue weighted by atomic mass is 10.0. The Labute approximate surface area is 401 Å². The molecule has 0 N–H and O–H groups in total. The van der Waals surface area contributed by atoms with Crippen LogP contribution in [0.25, 0.3) is 132 Å². The molecule has 0 aliphatic heterocycles. The van der Waals surface area contributed by atoms with E-state index >= 15 is 0 Å². The molecular weight excluding hydrogens is 859 g/mol. The van der Waals surface area contributed by atoms with E-state index in [1.807, 2.05) is 47.7 Å². The van der Waals surface area contributed by atoms with Crippen LogP contribution < -0.4 is 0 Å². The summed E-state index contributed by atoms with van der Waals surface area (Å²) in [5.74, 6) is 1.95. The molecule has 10 aromatic carbocycles. The highest BCUT2D eigenvalue weighted by atomic mass is 32.1. The van der Waals surface area contributed by atoms with Crippen LogP contribution in [-0.2, 0) is 0 Å². The van der Waals surface area contributed by atoms with Gasteiger partial charge in [-0.25, -0.2) is 15.0 Å². The molecule has 0 saturated carbocycles. The van der Waals surface area contributed by atoms with Gasteiger partial charge in [-0.2, -0.15) is 0 Å². The summed E-state index contributed by atoms with van der Waals surface area (Å²) in [6, 6.07) is 84.8. The van der Waals surface area contributed by atoms with Gasteiger partial charge in [0.2, 0.25) is 0 Å². The van der Waals surface area contributed by atoms with Crippen LogP contribution in [-0.4, -0.2) is 24.1 Å². The molecule has 0 unspecified atom stereocenters. The zero-order valence-corrected chi connectivity index (χ0v) is 38.0. The minimum atomic E-state index is 0.646. The van der Waals surface area contributed by atoms with Crippen molar-refractivity contribution in [1.82, 2.24) is 24.1 Å². The summed E-state index contributed by atoms with van der Waals surface area (Å²) in [5, 5.41) is 7.25. The first kappa shape index (κ1) is 39.2. The third kappa shape index (κ3) is 6.56. The smallest absolute Gasteiger partial charge is 0.164 e. The second kappa shape index (κ2) is 15.8. The van der Waals surface area contributed by atoms with Crippen molar-refractivity contribution >= 4 is 75.1 Å². The first-order valence-corrected chi connectivity index (χ1v) is 24.1. The molecule has 0 saturated heterocycles. The molecule has 4 heterocycles. The van der Waals surface area contributed by atoms with Crippen molar-refractivity contribution in [3.05, 3.63) is 237 Å². The first-order valence-electron chi connectivity index (χ1n) is 23.3. The van der Waals surface area contributed by atoms with E-state index in [9.17, 15) is 0 Å². The molecule has 14 aromatic rings. The fourth-order valence-corrected chi connectivity index (χ4v) is 11.3. The second-order valence-corrected chi connectivity index (χ2v) is 18.7. The molecular formula is C63H39N5S. The Morgan fingerprint density at radius 1 is 0.246 bits per heavy atom. The van der Waals surface area contributed by atoms with Gasteiger partial charge < -0.3 is 9.13 Å². The summed E-state index contributed by atoms with van der Waals surface area (Å²) in [7, 11) is 0. The Balaban J connectivity index is 0.945. The quantitative estimate of drug-likeness (QED) is 0.160. The van der Waals surface area contributed by atoms with Crippen LogP contribution in [0.3, 0.4) is 0 Å². The highest BCUT2D eigenvalue weighted by molar-refractivity contribution is 7.25. The minimum absolute atomic E-state index is 0.646. The van der Waals surface area contributed by atoms with Crippen molar-refractivity contribution in [3.8, 4) is 67.8 Å². The van der Waals surface area contributed by atoms with Gasteiger partial charge in [0.1, 0.15) is 0 Å². The SMILES string of the molecule is c1ccc(-c2ccc3c(c2)c2cc(-c4ccccc4)ccc2n3-c2ccc3c4ccccc4n(-c4ccc5sc6ccc(-c7nc(-c8ccccc8)nc(-c8ccccc8)n7)cc6c5c4)c3c2)cc1. The van der Waals surface area contributed by atoms with Gasteiger partial charge >= 0.3 is 0 Å². The Kier molecular flexibility index (Phi) is 9.00. The summed E-state index contributed by atoms with van der Waals surface area (Å²) in [6.45, 7) is 0. The number of hydrogen-bond donors (Lipinski definition) is 0. The lowest BCUT2D eigenvalue weighted by Gasteiger charge is -2.12. The maximum atomic E-state index is 5.08. The van der Waals surface area contributed by atoms with E-state index < -0.39 is 0 Å². The van der Waals surface area contributed by atoms with E-state index in [-0.39, 0.29) is 0 Å². The fraction of sp³-hybridized carbons (Fsp3) is 0. The van der Waals surface area contributed by atoms with Gasteiger partial charge in [0, 0.05) is 69.8 Å². The summed E-state index contributed by atoms with van der Waals surface area (Å²) in [6.07, 6.45) is 0. The molecule has 0 radical (unpaired) electrons. The zero-order chi connectivity index (χ0) is 45.4. The van der Waals surface area contributed by atoms with Crippen molar-refractivity contribution in [3.63, 3.8) is 0 Å². The number of fused-ring (bicyclic) bond motifs is 9. The standard InChI is InChI=1S/C63H39N5S/c1-5-15-40(16-6-1)44-25-31-56-51(35-44)52-36-45(41-17-7-2-8-18-41)26-32-57(52)67(56)48-28-30-50-49-23-13-14-24-55(49)68(58(50)39-48)47-29-34-60-54(38-47)53-37-46(27-33-59(53)69-60)63-65-61(42-19-9-3-10-20-42)64-62(66-63)43-21-11-4-12-22-43/h1-39H. The van der Waals surface area contributed by atoms with Crippen molar-refractivity contribution in [2.24, 2.45) is 0 Å². The molecule has 69 heavy (non-hydrogen) atoms. The molecule has 6 heteroatoms. The fourth-order valence-electron chi connectivity index (χ4n) is 10.3. The molecule has 0 aliphatic carbocycles. The lowest BCUT2D eigenvalue weighted by Crippen LogP contribution is -2.00. The molecule has 4 aromatic heterocycles. The highest BCUT2D eigenvalue weighted by Gasteiger charge is 2.20. The summed E-state index contributed by atoms with van der Waals surface area (Å²) in [5.41, 5.74) is 14.5. The molecule has 0 fully saturated rings. The molecule has 322 valence electrons. The predicted molar refractivity (Wildman–Crippen MR) is 289 cm³/mol. The van der Waals surface area contributed by atoms with Gasteiger partial charge in [0.05, 0.1) is 22.1 Å². The molecule has 0 aliphatic rings. The maximum Gasteiger partial charge on any atom is 0.164 e. The van der Waals surface area contributed by atoms with Crippen molar-refractivity contribution in [2.75, 3.05) is 0 Å². The largest absolute Gasteiger partial charge is 0.309 e. The minimum Gasteiger partial charge on any atom is -0.309 e. The van der Waals surface area contributed by atoms with Gasteiger partial charge in [-0.15, -0.1) is 11.3 Å². The van der Waals surface area contributed by atoms with E-state index in [1.54, 1.807) is 0 Å². The van der Waals surface area contributed by atoms with Gasteiger partial charge in [-0.05, 0) is 101 Å². The number of rotatable bonds is 7. The van der Waals surface area contributed by atoms with Crippen molar-refractivity contribution in [1.29, 1.82) is 0 Å². The van der Waals surface area contributed by atoms with Crippen LogP contribution in [0.1, 0.15) is 0 Å². The van der Waals surface area contributed by atoms with Crippen molar-refractivity contribution in [2.45, 2.75) is 0 Å². The third-order valence-electron chi connectivity index (χ3n) is 13.6. The lowest BCUT2D eigenvalue weighted by molar-refractivity contribution is 1.07. The van der Waals surface area contributed by atoms with Crippen LogP contribution in [0, 0.1) is 0 Å². The molecule has 5 nitrogen and oxygen atoms in total. The van der Waals surface area contributed by atoms with E-state index in [1.165, 1.54) is 80.5 Å². The third-order valence-corrected chi connectivity index (χ3v) is 14.7. The van der Waals surface area contributed by atoms with Crippen LogP contribution in [0.5, 0.6) is 0 Å². The Morgan fingerprint density at radius 3 is 1.25 bits per heavy atom. The number of nitrogens with zero attached hydrogens (tertiary/aromatic N) is 5. The average Bonchev–Trinajstić information content (AvgIpc) is 4.08. The molecule has 0 amide bonds. The summed E-state index contributed by atoms with van der Waals surface area (Å²) in [4.78, 5) is 15.1. The van der Waals surface area contributed by atoms with Crippen LogP contribution >= 0.6 is 11.3 Å². The van der Waals surface area contributed by atoms with E-state index in [4.69, 9.17) is 15.0 Å². The number of para-hydroxylation sites is 1. The first-order chi connectivity index (χ1) is 34.2. The molecule has 0 atom stereocenters. The number of aromatic nitrogens is 5. The molecule has 14 rings (SSSR count). The number of thiophene rings is 1. The van der Waals surface area contributed by atoms with Crippen molar-refractivity contribution < 1.29 is 0 Å². The van der Waals surface area contributed by atoms with Crippen LogP contribution in [0.2, 0.25) is 0 Å². The monoisotopic (exact) mass is 897 g/mol. The Hall–Kier alpha value is -8.97.